The van der Waals surface area contributed by atoms with E-state index in [4.69, 9.17) is 14.2 Å². The van der Waals surface area contributed by atoms with Crippen LogP contribution in [0.25, 0.3) is 10.9 Å². The maximum Gasteiger partial charge on any atom is 0.419 e. The lowest BCUT2D eigenvalue weighted by Crippen LogP contribution is -2.53. The van der Waals surface area contributed by atoms with Gasteiger partial charge in [-0.3, -0.25) is 9.47 Å². The maximum atomic E-state index is 14.3. The van der Waals surface area contributed by atoms with Crippen LogP contribution in [-0.2, 0) is 16.0 Å². The van der Waals surface area contributed by atoms with Gasteiger partial charge >= 0.3 is 12.1 Å². The van der Waals surface area contributed by atoms with Gasteiger partial charge in [-0.25, -0.2) is 23.4 Å². The number of methoxy groups -OCH3 is 2. The number of hydrogen-bond acceptors (Lipinski definition) is 8. The van der Waals surface area contributed by atoms with E-state index in [9.17, 15) is 18.4 Å². The number of rotatable bonds is 7. The molecule has 0 unspecified atom stereocenters. The van der Waals surface area contributed by atoms with Crippen molar-refractivity contribution in [3.05, 3.63) is 52.8 Å². The van der Waals surface area contributed by atoms with Crippen molar-refractivity contribution in [1.29, 1.82) is 0 Å². The molecule has 0 bridgehead atoms. The number of benzene rings is 1. The van der Waals surface area contributed by atoms with E-state index in [2.05, 4.69) is 15.2 Å². The summed E-state index contributed by atoms with van der Waals surface area (Å²) in [5.74, 6) is -2.00. The number of nitrogens with one attached hydrogen (secondary N) is 1. The Bertz CT molecular complexity index is 1600. The molecule has 45 heavy (non-hydrogen) atoms. The largest absolute Gasteiger partial charge is 0.496 e. The quantitative estimate of drug-likeness (QED) is 0.270. The van der Waals surface area contributed by atoms with Crippen LogP contribution in [0.3, 0.4) is 0 Å². The Hall–Kier alpha value is -3.73. The zero-order valence-corrected chi connectivity index (χ0v) is 27.4. The van der Waals surface area contributed by atoms with Crippen molar-refractivity contribution in [3.63, 3.8) is 0 Å². The lowest BCUT2D eigenvalue weighted by atomic mass is 9.59. The number of nitrogens with zero attached hydrogens (tertiary/aromatic N) is 3. The number of aromatic nitrogens is 2. The maximum absolute atomic E-state index is 14.3. The molecule has 11 heteroatoms. The number of hydrogen-bond donors (Lipinski definition) is 1. The summed E-state index contributed by atoms with van der Waals surface area (Å²) in [5.41, 5.74) is 2.34. The fourth-order valence-corrected chi connectivity index (χ4v) is 6.96. The van der Waals surface area contributed by atoms with E-state index in [1.165, 1.54) is 11.7 Å². The number of alkyl halides is 2. The average molecular weight is 627 g/mol. The predicted octanol–water partition coefficient (Wildman–Crippen LogP) is 7.50. The number of esters is 1. The highest BCUT2D eigenvalue weighted by Crippen LogP contribution is 2.61. The van der Waals surface area contributed by atoms with Gasteiger partial charge in [-0.05, 0) is 90.1 Å². The number of carbonyl (C=O) groups is 2. The SMILES string of the molecule is COC(=O)c1ccc([C@@H]2CC3(CCN2Cc2c(OC)cc(C)c4c2ccn4C(=O)OC(C)(C)C)CC(F)(F)C3)c(NC(C)C)n1. The number of pyridine rings is 1. The van der Waals surface area contributed by atoms with Crippen LogP contribution in [-0.4, -0.2) is 64.8 Å². The van der Waals surface area contributed by atoms with E-state index >= 15 is 0 Å². The minimum absolute atomic E-state index is 0.00706. The summed E-state index contributed by atoms with van der Waals surface area (Å²) in [7, 11) is 2.93. The Labute approximate surface area is 263 Å². The number of fused-ring (bicyclic) bond motifs is 1. The van der Waals surface area contributed by atoms with E-state index in [0.29, 0.717) is 37.5 Å². The summed E-state index contributed by atoms with van der Waals surface area (Å²) < 4.78 is 46.6. The van der Waals surface area contributed by atoms with Crippen molar-refractivity contribution in [3.8, 4) is 5.75 Å². The summed E-state index contributed by atoms with van der Waals surface area (Å²) in [6.07, 6.45) is 2.12. The number of ether oxygens (including phenoxy) is 3. The normalized spacial score (nSPS) is 19.4. The van der Waals surface area contributed by atoms with E-state index < -0.39 is 29.0 Å². The van der Waals surface area contributed by atoms with Gasteiger partial charge in [0.25, 0.3) is 0 Å². The van der Waals surface area contributed by atoms with Crippen LogP contribution in [0.4, 0.5) is 19.4 Å². The Balaban J connectivity index is 1.59. The third-order valence-corrected chi connectivity index (χ3v) is 8.77. The van der Waals surface area contributed by atoms with Gasteiger partial charge in [0, 0.05) is 54.2 Å². The third kappa shape index (κ3) is 6.64. The molecule has 2 aromatic heterocycles. The van der Waals surface area contributed by atoms with Gasteiger partial charge in [0.05, 0.1) is 19.7 Å². The standard InChI is InChI=1S/C34H44F2N4O5/c1-20(2)37-29-23(9-10-25(38-29)30(41)44-8)26-16-33(18-34(35,36)19-33)12-14-39(26)17-24-22-11-13-40(31(42)45-32(4,5)6)28(22)21(3)15-27(24)43-7/h9-11,13,15,20,26H,12,14,16-19H2,1-8H3,(H,37,38)/t26-/m0/s1. The van der Waals surface area contributed by atoms with Crippen molar-refractivity contribution in [1.82, 2.24) is 14.5 Å². The second-order valence-corrected chi connectivity index (χ2v) is 13.9. The molecule has 0 radical (unpaired) electrons. The molecule has 1 atom stereocenters. The highest BCUT2D eigenvalue weighted by atomic mass is 19.3. The summed E-state index contributed by atoms with van der Waals surface area (Å²) in [6, 6.07) is 7.04. The molecule has 1 aromatic carbocycles. The van der Waals surface area contributed by atoms with Crippen molar-refractivity contribution in [2.45, 2.75) is 97.4 Å². The van der Waals surface area contributed by atoms with Crippen LogP contribution in [0.1, 0.15) is 93.5 Å². The second-order valence-electron chi connectivity index (χ2n) is 13.9. The predicted molar refractivity (Wildman–Crippen MR) is 168 cm³/mol. The van der Waals surface area contributed by atoms with Gasteiger partial charge in [0.15, 0.2) is 5.69 Å². The summed E-state index contributed by atoms with van der Waals surface area (Å²) in [4.78, 5) is 32.4. The molecule has 0 amide bonds. The van der Waals surface area contributed by atoms with Crippen LogP contribution in [0.5, 0.6) is 5.75 Å². The third-order valence-electron chi connectivity index (χ3n) is 8.77. The first-order chi connectivity index (χ1) is 21.0. The van der Waals surface area contributed by atoms with E-state index in [1.807, 2.05) is 59.7 Å². The molecule has 3 aromatic rings. The monoisotopic (exact) mass is 626 g/mol. The fourth-order valence-electron chi connectivity index (χ4n) is 6.96. The van der Waals surface area contributed by atoms with Gasteiger partial charge in [0.2, 0.25) is 5.92 Å². The van der Waals surface area contributed by atoms with Crippen molar-refractivity contribution in [2.24, 2.45) is 5.41 Å². The van der Waals surface area contributed by atoms with Crippen LogP contribution in [0.15, 0.2) is 30.5 Å². The number of carbonyl (C=O) groups excluding carboxylic acids is 2. The summed E-state index contributed by atoms with van der Waals surface area (Å²) in [5, 5.41) is 4.23. The minimum atomic E-state index is -2.66. The number of piperidine rings is 1. The molecule has 1 aliphatic heterocycles. The molecule has 2 fully saturated rings. The van der Waals surface area contributed by atoms with E-state index in [0.717, 1.165) is 27.6 Å². The Morgan fingerprint density at radius 1 is 1.16 bits per heavy atom. The Morgan fingerprint density at radius 2 is 1.87 bits per heavy atom. The minimum Gasteiger partial charge on any atom is -0.496 e. The first-order valence-corrected chi connectivity index (χ1v) is 15.4. The van der Waals surface area contributed by atoms with Crippen molar-refractivity contribution < 1.29 is 32.6 Å². The number of likely N-dealkylation sites (tertiary alicyclic amines) is 1. The molecule has 1 aliphatic carbocycles. The zero-order valence-electron chi connectivity index (χ0n) is 27.4. The summed E-state index contributed by atoms with van der Waals surface area (Å²) in [6.45, 7) is 12.4. The van der Waals surface area contributed by atoms with Crippen molar-refractivity contribution in [2.75, 3.05) is 26.1 Å². The molecule has 1 saturated heterocycles. The number of halogens is 2. The smallest absolute Gasteiger partial charge is 0.419 e. The lowest BCUT2D eigenvalue weighted by Gasteiger charge is -2.55. The van der Waals surface area contributed by atoms with Gasteiger partial charge in [-0.2, -0.15) is 0 Å². The van der Waals surface area contributed by atoms with Gasteiger partial charge < -0.3 is 19.5 Å². The van der Waals surface area contributed by atoms with Crippen LogP contribution in [0, 0.1) is 12.3 Å². The first kappa shape index (κ1) is 32.7. The fraction of sp³-hybridized carbons (Fsp3) is 0.559. The topological polar surface area (TPSA) is 94.9 Å². The van der Waals surface area contributed by atoms with E-state index in [1.54, 1.807) is 19.4 Å². The average Bonchev–Trinajstić information content (AvgIpc) is 3.39. The molecule has 3 heterocycles. The number of anilines is 1. The highest BCUT2D eigenvalue weighted by molar-refractivity contribution is 5.95. The molecule has 1 spiro atoms. The van der Waals surface area contributed by atoms with Crippen LogP contribution in [0.2, 0.25) is 0 Å². The van der Waals surface area contributed by atoms with Crippen LogP contribution < -0.4 is 10.1 Å². The molecule has 1 N–H and O–H groups in total. The molecule has 1 saturated carbocycles. The van der Waals surface area contributed by atoms with Gasteiger partial charge in [0.1, 0.15) is 17.2 Å². The molecular weight excluding hydrogens is 582 g/mol. The Morgan fingerprint density at radius 3 is 2.47 bits per heavy atom. The first-order valence-electron chi connectivity index (χ1n) is 15.4. The second kappa shape index (κ2) is 11.9. The highest BCUT2D eigenvalue weighted by Gasteiger charge is 2.58. The zero-order chi connectivity index (χ0) is 32.9. The molecule has 2 aliphatic rings. The molecular formula is C34H44F2N4O5. The van der Waals surface area contributed by atoms with Gasteiger partial charge in [-0.1, -0.05) is 6.07 Å². The Kier molecular flexibility index (Phi) is 8.63. The lowest BCUT2D eigenvalue weighted by molar-refractivity contribution is -0.186. The molecule has 9 nitrogen and oxygen atoms in total. The summed E-state index contributed by atoms with van der Waals surface area (Å²) >= 11 is 0. The van der Waals surface area contributed by atoms with Crippen molar-refractivity contribution >= 4 is 28.8 Å². The van der Waals surface area contributed by atoms with Gasteiger partial charge in [-0.15, -0.1) is 0 Å². The molecule has 244 valence electrons. The number of aryl methyl sites for hydroxylation is 1. The molecule has 5 rings (SSSR count). The van der Waals surface area contributed by atoms with E-state index in [-0.39, 0.29) is 30.6 Å². The van der Waals surface area contributed by atoms with Crippen LogP contribution >= 0.6 is 0 Å².